The van der Waals surface area contributed by atoms with Crippen LogP contribution in [-0.2, 0) is 9.59 Å². The van der Waals surface area contributed by atoms with Crippen molar-refractivity contribution >= 4 is 28.9 Å². The summed E-state index contributed by atoms with van der Waals surface area (Å²) in [6.45, 7) is 2.30. The second-order valence-corrected chi connectivity index (χ2v) is 9.45. The van der Waals surface area contributed by atoms with Crippen molar-refractivity contribution in [2.45, 2.75) is 82.8 Å². The van der Waals surface area contributed by atoms with Crippen molar-refractivity contribution < 1.29 is 19.5 Å². The van der Waals surface area contributed by atoms with E-state index in [1.54, 1.807) is 0 Å². The Kier molecular flexibility index (Phi) is 9.89. The molecule has 10 nitrogen and oxygen atoms in total. The number of benzene rings is 1. The summed E-state index contributed by atoms with van der Waals surface area (Å²) in [5.74, 6) is -0.454. The summed E-state index contributed by atoms with van der Waals surface area (Å²) in [5.41, 5.74) is 7.18. The van der Waals surface area contributed by atoms with Crippen molar-refractivity contribution in [3.8, 4) is 0 Å². The largest absolute Gasteiger partial charge is 0.480 e. The molecule has 1 saturated carbocycles. The number of aliphatic carboxylic acids is 1. The number of fused-ring (bicyclic) bond motifs is 1. The van der Waals surface area contributed by atoms with Crippen molar-refractivity contribution in [1.82, 2.24) is 25.9 Å². The minimum atomic E-state index is -1.11. The number of para-hydroxylation sites is 2. The fraction of sp³-hybridized carbons (Fsp3) is 0.600. The van der Waals surface area contributed by atoms with Gasteiger partial charge < -0.3 is 31.8 Å². The number of carboxylic acids is 1. The van der Waals surface area contributed by atoms with Gasteiger partial charge in [-0.3, -0.25) is 4.79 Å². The zero-order valence-corrected chi connectivity index (χ0v) is 20.4. The van der Waals surface area contributed by atoms with Crippen LogP contribution in [0, 0.1) is 5.92 Å². The first-order valence-electron chi connectivity index (χ1n) is 12.6. The van der Waals surface area contributed by atoms with Gasteiger partial charge in [0.25, 0.3) is 0 Å². The fourth-order valence-corrected chi connectivity index (χ4v) is 4.66. The molecule has 1 fully saturated rings. The van der Waals surface area contributed by atoms with Crippen LogP contribution < -0.4 is 21.7 Å². The average Bonchev–Trinajstić information content (AvgIpc) is 3.28. The number of rotatable bonds is 12. The number of amides is 3. The maximum atomic E-state index is 13.3. The van der Waals surface area contributed by atoms with Gasteiger partial charge in [0, 0.05) is 0 Å². The standard InChI is InChI=1S/C25H38N6O4/c1-16(22-28-18-11-5-6-12-19(18)29-22)27-23(32)21(15-17-9-3-2-4-10-17)31-25(35)30-20(24(33)34)13-7-8-14-26/h5-6,11-12,16-17,20-21H,2-4,7-10,13-15,26H2,1H3,(H,27,32)(H,28,29)(H,33,34)(H2,30,31,35)/t16-,20+,21?/m1/s1. The van der Waals surface area contributed by atoms with Crippen molar-refractivity contribution in [3.63, 3.8) is 0 Å². The summed E-state index contributed by atoms with van der Waals surface area (Å²) in [7, 11) is 0. The van der Waals surface area contributed by atoms with Crippen LogP contribution >= 0.6 is 0 Å². The third-order valence-electron chi connectivity index (χ3n) is 6.64. The first kappa shape index (κ1) is 26.5. The number of carboxylic acid groups (broad SMARTS) is 1. The van der Waals surface area contributed by atoms with Gasteiger partial charge in [0.2, 0.25) is 5.91 Å². The lowest BCUT2D eigenvalue weighted by Gasteiger charge is -2.28. The van der Waals surface area contributed by atoms with E-state index in [1.165, 1.54) is 6.42 Å². The number of unbranched alkanes of at least 4 members (excludes halogenated alkanes) is 1. The molecular weight excluding hydrogens is 448 g/mol. The van der Waals surface area contributed by atoms with Crippen molar-refractivity contribution in [1.29, 1.82) is 0 Å². The number of nitrogens with one attached hydrogen (secondary N) is 4. The minimum Gasteiger partial charge on any atom is -0.480 e. The quantitative estimate of drug-likeness (QED) is 0.253. The van der Waals surface area contributed by atoms with Crippen LogP contribution in [0.3, 0.4) is 0 Å². The van der Waals surface area contributed by atoms with Gasteiger partial charge in [-0.05, 0) is 57.2 Å². The van der Waals surface area contributed by atoms with Crippen LogP contribution in [0.15, 0.2) is 24.3 Å². The number of carbonyl (C=O) groups excluding carboxylic acids is 2. The van der Waals surface area contributed by atoms with Gasteiger partial charge in [0.05, 0.1) is 17.1 Å². The molecule has 0 spiro atoms. The number of H-pyrrole nitrogens is 1. The van der Waals surface area contributed by atoms with E-state index >= 15 is 0 Å². The summed E-state index contributed by atoms with van der Waals surface area (Å²) >= 11 is 0. The molecule has 1 aliphatic rings. The molecule has 0 aliphatic heterocycles. The van der Waals surface area contributed by atoms with E-state index in [1.807, 2.05) is 31.2 Å². The van der Waals surface area contributed by atoms with E-state index in [0.717, 1.165) is 36.7 Å². The molecule has 192 valence electrons. The zero-order valence-electron chi connectivity index (χ0n) is 20.4. The molecule has 1 heterocycles. The molecule has 3 amide bonds. The smallest absolute Gasteiger partial charge is 0.326 e. The van der Waals surface area contributed by atoms with Crippen LogP contribution in [0.5, 0.6) is 0 Å². The average molecular weight is 487 g/mol. The summed E-state index contributed by atoms with van der Waals surface area (Å²) in [6.07, 6.45) is 7.51. The lowest BCUT2D eigenvalue weighted by molar-refractivity contribution is -0.139. The van der Waals surface area contributed by atoms with Crippen LogP contribution in [0.4, 0.5) is 4.79 Å². The highest BCUT2D eigenvalue weighted by atomic mass is 16.4. The van der Waals surface area contributed by atoms with Gasteiger partial charge in [-0.15, -0.1) is 0 Å². The lowest BCUT2D eigenvalue weighted by Crippen LogP contribution is -2.54. The van der Waals surface area contributed by atoms with Gasteiger partial charge in [-0.25, -0.2) is 14.6 Å². The molecule has 0 bridgehead atoms. The lowest BCUT2D eigenvalue weighted by atomic mass is 9.84. The number of aromatic nitrogens is 2. The first-order valence-corrected chi connectivity index (χ1v) is 12.6. The van der Waals surface area contributed by atoms with Crippen molar-refractivity contribution in [3.05, 3.63) is 30.1 Å². The van der Waals surface area contributed by atoms with E-state index in [0.29, 0.717) is 37.5 Å². The number of imidazole rings is 1. The third-order valence-corrected chi connectivity index (χ3v) is 6.64. The minimum absolute atomic E-state index is 0.280. The van der Waals surface area contributed by atoms with Gasteiger partial charge >= 0.3 is 12.0 Å². The molecule has 1 aliphatic carbocycles. The first-order chi connectivity index (χ1) is 16.9. The molecule has 3 atom stereocenters. The molecule has 10 heteroatoms. The van der Waals surface area contributed by atoms with E-state index in [9.17, 15) is 19.5 Å². The van der Waals surface area contributed by atoms with E-state index in [-0.39, 0.29) is 12.3 Å². The number of nitrogens with zero attached hydrogens (tertiary/aromatic N) is 1. The number of hydrogen-bond donors (Lipinski definition) is 6. The molecule has 1 aromatic carbocycles. The number of nitrogens with two attached hydrogens (primary N) is 1. The third kappa shape index (κ3) is 7.95. The monoisotopic (exact) mass is 486 g/mol. The summed E-state index contributed by atoms with van der Waals surface area (Å²) in [6, 6.07) is 4.78. The van der Waals surface area contributed by atoms with Gasteiger partial charge in [0.1, 0.15) is 17.9 Å². The second-order valence-electron chi connectivity index (χ2n) is 9.45. The maximum absolute atomic E-state index is 13.3. The van der Waals surface area contributed by atoms with Crippen molar-refractivity contribution in [2.24, 2.45) is 11.7 Å². The fourth-order valence-electron chi connectivity index (χ4n) is 4.66. The van der Waals surface area contributed by atoms with Gasteiger partial charge in [0.15, 0.2) is 0 Å². The van der Waals surface area contributed by atoms with Gasteiger partial charge in [-0.1, -0.05) is 44.2 Å². The molecule has 1 aromatic heterocycles. The highest BCUT2D eigenvalue weighted by Crippen LogP contribution is 2.27. The molecule has 7 N–H and O–H groups in total. The molecule has 0 saturated heterocycles. The topological polar surface area (TPSA) is 162 Å². The van der Waals surface area contributed by atoms with Gasteiger partial charge in [-0.2, -0.15) is 0 Å². The Labute approximate surface area is 205 Å². The summed E-state index contributed by atoms with van der Waals surface area (Å²) in [4.78, 5) is 45.3. The number of carbonyl (C=O) groups is 3. The molecule has 2 aromatic rings. The number of aromatic amines is 1. The predicted molar refractivity (Wildman–Crippen MR) is 134 cm³/mol. The summed E-state index contributed by atoms with van der Waals surface area (Å²) < 4.78 is 0. The Bertz CT molecular complexity index is 954. The highest BCUT2D eigenvalue weighted by molar-refractivity contribution is 5.89. The van der Waals surface area contributed by atoms with Crippen LogP contribution in [0.25, 0.3) is 11.0 Å². The Morgan fingerprint density at radius 2 is 1.80 bits per heavy atom. The Morgan fingerprint density at radius 1 is 1.09 bits per heavy atom. The molecular formula is C25H38N6O4. The Hall–Kier alpha value is -3.14. The van der Waals surface area contributed by atoms with E-state index in [2.05, 4.69) is 25.9 Å². The molecule has 1 unspecified atom stereocenters. The second kappa shape index (κ2) is 13.1. The van der Waals surface area contributed by atoms with Crippen LogP contribution in [0.2, 0.25) is 0 Å². The maximum Gasteiger partial charge on any atom is 0.326 e. The Balaban J connectivity index is 1.65. The van der Waals surface area contributed by atoms with Crippen LogP contribution in [-0.4, -0.2) is 51.6 Å². The molecule has 3 rings (SSSR count). The predicted octanol–water partition coefficient (Wildman–Crippen LogP) is 2.96. The number of urea groups is 1. The normalized spacial score (nSPS) is 16.9. The van der Waals surface area contributed by atoms with Crippen molar-refractivity contribution in [2.75, 3.05) is 6.54 Å². The zero-order chi connectivity index (χ0) is 25.2. The SMILES string of the molecule is C[C@@H](NC(=O)C(CC1CCCCC1)NC(=O)N[C@@H](CCCCN)C(=O)O)c1nc2ccccc2[nH]1. The summed E-state index contributed by atoms with van der Waals surface area (Å²) in [5, 5.41) is 17.7. The molecule has 35 heavy (non-hydrogen) atoms. The Morgan fingerprint density at radius 3 is 2.49 bits per heavy atom. The molecule has 0 radical (unpaired) electrons. The van der Waals surface area contributed by atoms with Crippen LogP contribution in [0.1, 0.15) is 76.6 Å². The van der Waals surface area contributed by atoms with E-state index < -0.39 is 30.1 Å². The number of hydrogen-bond acceptors (Lipinski definition) is 5. The van der Waals surface area contributed by atoms with E-state index in [4.69, 9.17) is 5.73 Å². The highest BCUT2D eigenvalue weighted by Gasteiger charge is 2.29.